The molecule has 96 valence electrons. The van der Waals surface area contributed by atoms with E-state index in [1.807, 2.05) is 24.3 Å². The van der Waals surface area contributed by atoms with Crippen molar-refractivity contribution in [3.8, 4) is 0 Å². The van der Waals surface area contributed by atoms with Crippen molar-refractivity contribution >= 4 is 35.8 Å². The first kappa shape index (κ1) is 16.2. The fraction of sp³-hybridized carbons (Fsp3) is 0.417. The lowest BCUT2D eigenvalue weighted by molar-refractivity contribution is 0.442. The van der Waals surface area contributed by atoms with E-state index >= 15 is 0 Å². The highest BCUT2D eigenvalue weighted by Crippen LogP contribution is 2.21. The Kier molecular flexibility index (Phi) is 6.53. The molecule has 0 aliphatic carbocycles. The van der Waals surface area contributed by atoms with Crippen molar-refractivity contribution in [2.75, 3.05) is 0 Å². The Morgan fingerprint density at radius 1 is 1.29 bits per heavy atom. The Bertz CT molecular complexity index is 423. The van der Waals surface area contributed by atoms with Crippen molar-refractivity contribution in [2.24, 2.45) is 11.7 Å². The van der Waals surface area contributed by atoms with E-state index in [2.05, 4.69) is 23.8 Å². The second-order valence-electron chi connectivity index (χ2n) is 4.05. The van der Waals surface area contributed by atoms with Crippen molar-refractivity contribution in [2.45, 2.75) is 26.3 Å². The van der Waals surface area contributed by atoms with Gasteiger partial charge in [-0.2, -0.15) is 0 Å². The minimum absolute atomic E-state index is 0. The fourth-order valence-electron chi connectivity index (χ4n) is 1.65. The third kappa shape index (κ3) is 3.35. The number of fused-ring (bicyclic) bond motifs is 1. The van der Waals surface area contributed by atoms with Gasteiger partial charge >= 0.3 is 0 Å². The number of para-hydroxylation sites is 2. The Hall–Kier alpha value is -0.770. The van der Waals surface area contributed by atoms with Gasteiger partial charge in [-0.3, -0.25) is 0 Å². The smallest absolute Gasteiger partial charge is 0.124 e. The third-order valence-electron chi connectivity index (χ3n) is 2.98. The highest BCUT2D eigenvalue weighted by Gasteiger charge is 2.16. The summed E-state index contributed by atoms with van der Waals surface area (Å²) in [6, 6.07) is 8.01. The largest absolute Gasteiger partial charge is 0.341 e. The third-order valence-corrected chi connectivity index (χ3v) is 2.98. The fourth-order valence-corrected chi connectivity index (χ4v) is 1.65. The van der Waals surface area contributed by atoms with Gasteiger partial charge in [-0.25, -0.2) is 4.98 Å². The number of halogens is 2. The minimum atomic E-state index is 0. The summed E-state index contributed by atoms with van der Waals surface area (Å²) in [6.07, 6.45) is 1.07. The van der Waals surface area contributed by atoms with E-state index in [0.29, 0.717) is 5.92 Å². The summed E-state index contributed by atoms with van der Waals surface area (Å²) in [4.78, 5) is 7.78. The first-order chi connectivity index (χ1) is 7.22. The van der Waals surface area contributed by atoms with Gasteiger partial charge in [-0.05, 0) is 18.1 Å². The number of aromatic nitrogens is 2. The van der Waals surface area contributed by atoms with Crippen molar-refractivity contribution in [3.63, 3.8) is 0 Å². The number of nitrogens with zero attached hydrogens (tertiary/aromatic N) is 1. The average Bonchev–Trinajstić information content (AvgIpc) is 2.70. The van der Waals surface area contributed by atoms with Crippen LogP contribution in [0.2, 0.25) is 0 Å². The number of hydrogen-bond donors (Lipinski definition) is 2. The molecule has 5 heteroatoms. The van der Waals surface area contributed by atoms with E-state index in [4.69, 9.17) is 5.73 Å². The number of aromatic amines is 1. The molecule has 1 aromatic heterocycles. The molecule has 1 aromatic carbocycles. The molecule has 2 aromatic rings. The van der Waals surface area contributed by atoms with Gasteiger partial charge in [0.05, 0.1) is 17.1 Å². The Morgan fingerprint density at radius 2 is 1.94 bits per heavy atom. The number of hydrogen-bond acceptors (Lipinski definition) is 2. The maximum absolute atomic E-state index is 6.12. The first-order valence-corrected chi connectivity index (χ1v) is 5.42. The number of H-pyrrole nitrogens is 1. The van der Waals surface area contributed by atoms with Crippen molar-refractivity contribution in [3.05, 3.63) is 30.1 Å². The van der Waals surface area contributed by atoms with E-state index < -0.39 is 0 Å². The molecule has 0 aliphatic heterocycles. The van der Waals surface area contributed by atoms with Crippen LogP contribution in [0.25, 0.3) is 11.0 Å². The molecular formula is C12H19Cl2N3. The van der Waals surface area contributed by atoms with Gasteiger partial charge in [0.25, 0.3) is 0 Å². The molecule has 0 bridgehead atoms. The first-order valence-electron chi connectivity index (χ1n) is 5.42. The maximum Gasteiger partial charge on any atom is 0.124 e. The van der Waals surface area contributed by atoms with Crippen molar-refractivity contribution in [1.29, 1.82) is 0 Å². The second kappa shape index (κ2) is 6.84. The summed E-state index contributed by atoms with van der Waals surface area (Å²) in [6.45, 7) is 4.30. The zero-order valence-corrected chi connectivity index (χ0v) is 11.6. The number of benzene rings is 1. The van der Waals surface area contributed by atoms with Crippen LogP contribution in [0.5, 0.6) is 0 Å². The summed E-state index contributed by atoms with van der Waals surface area (Å²) in [7, 11) is 0. The van der Waals surface area contributed by atoms with Crippen LogP contribution in [0, 0.1) is 5.92 Å². The van der Waals surface area contributed by atoms with Gasteiger partial charge in [-0.1, -0.05) is 32.4 Å². The predicted octanol–water partition coefficient (Wildman–Crippen LogP) is 3.45. The molecule has 0 fully saturated rings. The Labute approximate surface area is 114 Å². The molecule has 3 nitrogen and oxygen atoms in total. The number of nitrogens with one attached hydrogen (secondary N) is 1. The summed E-state index contributed by atoms with van der Waals surface area (Å²) in [5, 5.41) is 0. The molecule has 1 heterocycles. The van der Waals surface area contributed by atoms with Gasteiger partial charge in [0.1, 0.15) is 5.82 Å². The van der Waals surface area contributed by atoms with Crippen LogP contribution in [0.3, 0.4) is 0 Å². The van der Waals surface area contributed by atoms with Crippen LogP contribution in [0.4, 0.5) is 0 Å². The zero-order chi connectivity index (χ0) is 10.8. The van der Waals surface area contributed by atoms with E-state index in [-0.39, 0.29) is 30.9 Å². The highest BCUT2D eigenvalue weighted by molar-refractivity contribution is 5.85. The van der Waals surface area contributed by atoms with Crippen LogP contribution in [0.1, 0.15) is 32.1 Å². The molecule has 2 rings (SSSR count). The Balaban J connectivity index is 0.00000128. The maximum atomic E-state index is 6.12. The van der Waals surface area contributed by atoms with Crippen LogP contribution in [-0.2, 0) is 0 Å². The van der Waals surface area contributed by atoms with Gasteiger partial charge in [0.15, 0.2) is 0 Å². The number of nitrogens with two attached hydrogens (primary N) is 1. The van der Waals surface area contributed by atoms with Crippen LogP contribution in [-0.4, -0.2) is 9.97 Å². The van der Waals surface area contributed by atoms with Gasteiger partial charge in [-0.15, -0.1) is 24.8 Å². The normalized spacial score (nSPS) is 13.6. The molecular weight excluding hydrogens is 257 g/mol. The molecule has 2 atom stereocenters. The summed E-state index contributed by atoms with van der Waals surface area (Å²) >= 11 is 0. The highest BCUT2D eigenvalue weighted by atomic mass is 35.5. The topological polar surface area (TPSA) is 54.7 Å². The van der Waals surface area contributed by atoms with Crippen LogP contribution in [0.15, 0.2) is 24.3 Å². The quantitative estimate of drug-likeness (QED) is 0.902. The number of rotatable bonds is 3. The SMILES string of the molecule is CC[C@H](C)[C@H](N)c1nc2ccccc2[nH]1.Cl.Cl. The molecule has 0 amide bonds. The molecule has 0 aliphatic rings. The average molecular weight is 276 g/mol. The van der Waals surface area contributed by atoms with Crippen LogP contribution >= 0.6 is 24.8 Å². The van der Waals surface area contributed by atoms with Gasteiger partial charge < -0.3 is 10.7 Å². The monoisotopic (exact) mass is 275 g/mol. The second-order valence-corrected chi connectivity index (χ2v) is 4.05. The van der Waals surface area contributed by atoms with Crippen molar-refractivity contribution < 1.29 is 0 Å². The molecule has 0 saturated heterocycles. The summed E-state index contributed by atoms with van der Waals surface area (Å²) in [5.41, 5.74) is 8.17. The zero-order valence-electron chi connectivity index (χ0n) is 10.0. The lowest BCUT2D eigenvalue weighted by Crippen LogP contribution is -2.19. The molecule has 0 radical (unpaired) electrons. The van der Waals surface area contributed by atoms with E-state index in [9.17, 15) is 0 Å². The molecule has 0 saturated carbocycles. The van der Waals surface area contributed by atoms with Gasteiger partial charge in [0, 0.05) is 0 Å². The standard InChI is InChI=1S/C12H17N3.2ClH/c1-3-8(2)11(13)12-14-9-6-4-5-7-10(9)15-12;;/h4-8,11H,3,13H2,1-2H3,(H,14,15);2*1H/t8-,11-;;/m0../s1. The van der Waals surface area contributed by atoms with Gasteiger partial charge in [0.2, 0.25) is 0 Å². The molecule has 0 spiro atoms. The lowest BCUT2D eigenvalue weighted by Gasteiger charge is -2.15. The summed E-state index contributed by atoms with van der Waals surface area (Å²) < 4.78 is 0. The van der Waals surface area contributed by atoms with E-state index in [0.717, 1.165) is 23.3 Å². The molecule has 17 heavy (non-hydrogen) atoms. The van der Waals surface area contributed by atoms with E-state index in [1.54, 1.807) is 0 Å². The molecule has 0 unspecified atom stereocenters. The lowest BCUT2D eigenvalue weighted by atomic mass is 10.00. The molecule has 3 N–H and O–H groups in total. The van der Waals surface area contributed by atoms with Crippen LogP contribution < -0.4 is 5.73 Å². The minimum Gasteiger partial charge on any atom is -0.341 e. The van der Waals surface area contributed by atoms with Crippen molar-refractivity contribution in [1.82, 2.24) is 9.97 Å². The summed E-state index contributed by atoms with van der Waals surface area (Å²) in [5.74, 6) is 1.34. The Morgan fingerprint density at radius 3 is 2.53 bits per heavy atom. The predicted molar refractivity (Wildman–Crippen MR) is 77.0 cm³/mol. The van der Waals surface area contributed by atoms with E-state index in [1.165, 1.54) is 0 Å². The number of imidazole rings is 1.